The molecule has 2 heterocycles. The summed E-state index contributed by atoms with van der Waals surface area (Å²) in [5.74, 6) is 1.88. The van der Waals surface area contributed by atoms with E-state index in [0.29, 0.717) is 12.6 Å². The van der Waals surface area contributed by atoms with Gasteiger partial charge in [0.1, 0.15) is 5.82 Å². The van der Waals surface area contributed by atoms with Gasteiger partial charge >= 0.3 is 0 Å². The van der Waals surface area contributed by atoms with Crippen LogP contribution in [-0.4, -0.2) is 62.2 Å². The highest BCUT2D eigenvalue weighted by Gasteiger charge is 2.19. The Bertz CT molecular complexity index is 534. The van der Waals surface area contributed by atoms with E-state index < -0.39 is 0 Å². The van der Waals surface area contributed by atoms with Gasteiger partial charge in [0.2, 0.25) is 0 Å². The molecule has 25 heavy (non-hydrogen) atoms. The minimum absolute atomic E-state index is 0.515. The molecule has 1 fully saturated rings. The minimum atomic E-state index is 0.515. The van der Waals surface area contributed by atoms with Crippen LogP contribution in [0.5, 0.6) is 0 Å². The lowest BCUT2D eigenvalue weighted by Gasteiger charge is -2.32. The lowest BCUT2D eigenvalue weighted by Crippen LogP contribution is -2.48. The van der Waals surface area contributed by atoms with E-state index in [1.54, 1.807) is 0 Å². The van der Waals surface area contributed by atoms with Crippen molar-refractivity contribution in [3.63, 3.8) is 0 Å². The summed E-state index contributed by atoms with van der Waals surface area (Å²) in [4.78, 5) is 13.7. The van der Waals surface area contributed by atoms with Crippen LogP contribution in [0, 0.1) is 0 Å². The topological polar surface area (TPSA) is 55.8 Å². The van der Waals surface area contributed by atoms with Gasteiger partial charge in [0.25, 0.3) is 0 Å². The van der Waals surface area contributed by atoms with Gasteiger partial charge in [0.05, 0.1) is 6.54 Å². The molecule has 0 aliphatic carbocycles. The normalized spacial score (nSPS) is 16.7. The lowest BCUT2D eigenvalue weighted by molar-refractivity contribution is 0.206. The van der Waals surface area contributed by atoms with Crippen molar-refractivity contribution in [2.45, 2.75) is 45.7 Å². The molecule has 0 amide bonds. The van der Waals surface area contributed by atoms with Crippen LogP contribution in [-0.2, 0) is 6.54 Å². The van der Waals surface area contributed by atoms with Gasteiger partial charge in [-0.1, -0.05) is 6.92 Å². The highest BCUT2D eigenvalue weighted by atomic mass is 15.2. The summed E-state index contributed by atoms with van der Waals surface area (Å²) in [5.41, 5.74) is 1.17. The minimum Gasteiger partial charge on any atom is -0.363 e. The molecule has 1 aliphatic heterocycles. The Labute approximate surface area is 152 Å². The van der Waals surface area contributed by atoms with E-state index in [-0.39, 0.29) is 0 Å². The number of aromatic nitrogens is 1. The van der Waals surface area contributed by atoms with Crippen molar-refractivity contribution in [2.24, 2.45) is 4.99 Å². The van der Waals surface area contributed by atoms with Gasteiger partial charge in [0.15, 0.2) is 5.96 Å². The Balaban J connectivity index is 1.91. The van der Waals surface area contributed by atoms with Gasteiger partial charge in [-0.15, -0.1) is 0 Å². The summed E-state index contributed by atoms with van der Waals surface area (Å²) in [5, 5.41) is 6.99. The Morgan fingerprint density at radius 3 is 2.72 bits per heavy atom. The molecule has 0 atom stereocenters. The largest absolute Gasteiger partial charge is 0.363 e. The molecule has 1 aromatic heterocycles. The van der Waals surface area contributed by atoms with E-state index in [1.165, 1.54) is 44.5 Å². The van der Waals surface area contributed by atoms with Crippen LogP contribution in [0.25, 0.3) is 0 Å². The highest BCUT2D eigenvalue weighted by molar-refractivity contribution is 5.80. The highest BCUT2D eigenvalue weighted by Crippen LogP contribution is 2.12. The fourth-order valence-electron chi connectivity index (χ4n) is 3.10. The first kappa shape index (κ1) is 19.5. The van der Waals surface area contributed by atoms with Gasteiger partial charge in [0, 0.05) is 46.0 Å². The monoisotopic (exact) mass is 346 g/mol. The molecule has 6 heteroatoms. The summed E-state index contributed by atoms with van der Waals surface area (Å²) in [6.45, 7) is 9.48. The third-order valence-electron chi connectivity index (χ3n) is 4.50. The molecule has 0 aromatic carbocycles. The molecule has 1 aromatic rings. The van der Waals surface area contributed by atoms with Crippen molar-refractivity contribution in [3.05, 3.63) is 23.9 Å². The quantitative estimate of drug-likeness (QED) is 0.585. The fourth-order valence-corrected chi connectivity index (χ4v) is 3.10. The Morgan fingerprint density at radius 1 is 1.32 bits per heavy atom. The van der Waals surface area contributed by atoms with Crippen LogP contribution < -0.4 is 15.5 Å². The smallest absolute Gasteiger partial charge is 0.191 e. The Hall–Kier alpha value is -1.82. The zero-order chi connectivity index (χ0) is 18.1. The van der Waals surface area contributed by atoms with Crippen LogP contribution in [0.15, 0.2) is 23.3 Å². The van der Waals surface area contributed by atoms with Crippen LogP contribution in [0.4, 0.5) is 5.82 Å². The number of nitrogens with zero attached hydrogens (tertiary/aromatic N) is 4. The number of piperidine rings is 1. The molecule has 0 radical (unpaired) electrons. The Morgan fingerprint density at radius 2 is 2.08 bits per heavy atom. The molecule has 6 nitrogen and oxygen atoms in total. The summed E-state index contributed by atoms with van der Waals surface area (Å²) < 4.78 is 0. The van der Waals surface area contributed by atoms with E-state index in [9.17, 15) is 0 Å². The first-order valence-corrected chi connectivity index (χ1v) is 9.51. The number of nitrogens with one attached hydrogen (secondary N) is 2. The molecule has 0 bridgehead atoms. The van der Waals surface area contributed by atoms with Crippen molar-refractivity contribution in [3.8, 4) is 0 Å². The van der Waals surface area contributed by atoms with Crippen LogP contribution in [0.2, 0.25) is 0 Å². The van der Waals surface area contributed by atoms with Crippen LogP contribution in [0.3, 0.4) is 0 Å². The van der Waals surface area contributed by atoms with Crippen molar-refractivity contribution in [1.82, 2.24) is 20.5 Å². The predicted molar refractivity (Wildman–Crippen MR) is 106 cm³/mol. The number of guanidine groups is 1. The first-order valence-electron chi connectivity index (χ1n) is 9.51. The van der Waals surface area contributed by atoms with E-state index in [0.717, 1.165) is 18.3 Å². The van der Waals surface area contributed by atoms with Gasteiger partial charge in [-0.2, -0.15) is 0 Å². The molecular formula is C19H34N6. The second kappa shape index (κ2) is 10.2. The van der Waals surface area contributed by atoms with Crippen LogP contribution in [0.1, 0.15) is 38.7 Å². The van der Waals surface area contributed by atoms with E-state index in [1.807, 2.05) is 31.3 Å². The fraction of sp³-hybridized carbons (Fsp3) is 0.684. The number of hydrogen-bond acceptors (Lipinski definition) is 4. The predicted octanol–water partition coefficient (Wildman–Crippen LogP) is 2.08. The van der Waals surface area contributed by atoms with Gasteiger partial charge < -0.3 is 20.4 Å². The molecule has 140 valence electrons. The number of likely N-dealkylation sites (tertiary alicyclic amines) is 1. The maximum absolute atomic E-state index is 4.77. The second-order valence-corrected chi connectivity index (χ2v) is 6.87. The Kier molecular flexibility index (Phi) is 7.98. The number of rotatable bonds is 7. The zero-order valence-electron chi connectivity index (χ0n) is 16.3. The van der Waals surface area contributed by atoms with Gasteiger partial charge in [-0.25, -0.2) is 9.98 Å². The third-order valence-corrected chi connectivity index (χ3v) is 4.50. The summed E-state index contributed by atoms with van der Waals surface area (Å²) >= 11 is 0. The summed E-state index contributed by atoms with van der Waals surface area (Å²) in [7, 11) is 4.01. The molecule has 1 aliphatic rings. The summed E-state index contributed by atoms with van der Waals surface area (Å²) in [6, 6.07) is 4.64. The van der Waals surface area contributed by atoms with Crippen LogP contribution >= 0.6 is 0 Å². The van der Waals surface area contributed by atoms with Gasteiger partial charge in [-0.3, -0.25) is 0 Å². The first-order chi connectivity index (χ1) is 12.1. The zero-order valence-corrected chi connectivity index (χ0v) is 16.3. The summed E-state index contributed by atoms with van der Waals surface area (Å²) in [6.07, 6.45) is 5.46. The van der Waals surface area contributed by atoms with Crippen molar-refractivity contribution in [2.75, 3.05) is 45.2 Å². The number of anilines is 1. The molecule has 2 rings (SSSR count). The van der Waals surface area contributed by atoms with Crippen molar-refractivity contribution >= 4 is 11.8 Å². The third kappa shape index (κ3) is 6.53. The molecule has 0 saturated carbocycles. The molecular weight excluding hydrogens is 312 g/mol. The van der Waals surface area contributed by atoms with E-state index in [2.05, 4.69) is 40.4 Å². The second-order valence-electron chi connectivity index (χ2n) is 6.87. The molecule has 1 saturated heterocycles. The SMILES string of the molecule is CCCN1CCC(NC(=NCc2ccnc(N(C)C)c2)NCC)CC1. The average Bonchev–Trinajstić information content (AvgIpc) is 2.62. The molecule has 0 unspecified atom stereocenters. The maximum Gasteiger partial charge on any atom is 0.191 e. The molecule has 2 N–H and O–H groups in total. The number of hydrogen-bond donors (Lipinski definition) is 2. The lowest BCUT2D eigenvalue weighted by atomic mass is 10.1. The van der Waals surface area contributed by atoms with Gasteiger partial charge in [-0.05, 0) is 50.4 Å². The number of aliphatic imine (C=N–C) groups is 1. The number of pyridine rings is 1. The standard InChI is InChI=1S/C19H34N6/c1-5-11-25-12-8-17(9-13-25)23-19(20-6-2)22-15-16-7-10-21-18(14-16)24(3)4/h7,10,14,17H,5-6,8-9,11-13,15H2,1-4H3,(H2,20,22,23). The maximum atomic E-state index is 4.77. The molecule has 0 spiro atoms. The van der Waals surface area contributed by atoms with Crippen molar-refractivity contribution in [1.29, 1.82) is 0 Å². The van der Waals surface area contributed by atoms with E-state index >= 15 is 0 Å². The van der Waals surface area contributed by atoms with E-state index in [4.69, 9.17) is 4.99 Å². The van der Waals surface area contributed by atoms with Crippen molar-refractivity contribution < 1.29 is 0 Å². The average molecular weight is 347 g/mol.